The van der Waals surface area contributed by atoms with Crippen molar-refractivity contribution < 1.29 is 31.5 Å². The maximum absolute atomic E-state index is 13.7. The number of hydrogen-bond acceptors (Lipinski definition) is 9. The summed E-state index contributed by atoms with van der Waals surface area (Å²) in [5, 5.41) is 9.62. The Bertz CT molecular complexity index is 1530. The summed E-state index contributed by atoms with van der Waals surface area (Å²) in [4.78, 5) is 15.5. The molecule has 0 bridgehead atoms. The second kappa shape index (κ2) is 10.9. The number of ether oxygens (including phenoxy) is 2. The number of carbonyl (C=O) groups is 1. The minimum Gasteiger partial charge on any atom is -0.494 e. The van der Waals surface area contributed by atoms with Crippen molar-refractivity contribution in [2.75, 3.05) is 24.3 Å². The maximum atomic E-state index is 13.7. The van der Waals surface area contributed by atoms with E-state index < -0.39 is 27.0 Å². The number of pyridine rings is 1. The first-order valence-electron chi connectivity index (χ1n) is 11.3. The molecule has 1 aromatic carbocycles. The molecule has 38 heavy (non-hydrogen) atoms. The first-order valence-corrected chi connectivity index (χ1v) is 12.8. The van der Waals surface area contributed by atoms with E-state index in [1.807, 2.05) is 0 Å². The summed E-state index contributed by atoms with van der Waals surface area (Å²) >= 11 is 0. The number of halogens is 1. The van der Waals surface area contributed by atoms with Crippen LogP contribution in [0.2, 0.25) is 0 Å². The zero-order chi connectivity index (χ0) is 27.4. The molecule has 0 saturated carbocycles. The van der Waals surface area contributed by atoms with Gasteiger partial charge < -0.3 is 19.2 Å². The fourth-order valence-corrected chi connectivity index (χ4v) is 4.68. The predicted octanol–water partition coefficient (Wildman–Crippen LogP) is 3.41. The highest BCUT2D eigenvalue weighted by Gasteiger charge is 2.29. The number of aromatic nitrogens is 4. The summed E-state index contributed by atoms with van der Waals surface area (Å²) in [6.07, 6.45) is 2.26. The van der Waals surface area contributed by atoms with Gasteiger partial charge in [0, 0.05) is 19.4 Å². The van der Waals surface area contributed by atoms with Crippen molar-refractivity contribution in [3.8, 4) is 28.8 Å². The van der Waals surface area contributed by atoms with E-state index >= 15 is 0 Å². The average molecular weight is 545 g/mol. The van der Waals surface area contributed by atoms with Gasteiger partial charge in [0.1, 0.15) is 23.0 Å². The van der Waals surface area contributed by atoms with Gasteiger partial charge in [-0.25, -0.2) is 12.8 Å². The topological polar surface area (TPSA) is 150 Å². The Morgan fingerprint density at radius 1 is 1.16 bits per heavy atom. The van der Waals surface area contributed by atoms with E-state index in [0.717, 1.165) is 12.3 Å². The molecule has 0 radical (unpaired) electrons. The molecule has 1 amide bonds. The monoisotopic (exact) mass is 544 g/mol. The van der Waals surface area contributed by atoms with Crippen LogP contribution in [0.5, 0.6) is 11.5 Å². The number of para-hydroxylation sites is 1. The van der Waals surface area contributed by atoms with Gasteiger partial charge in [-0.2, -0.15) is 0 Å². The molecule has 3 heterocycles. The molecule has 0 spiro atoms. The third-order valence-corrected chi connectivity index (χ3v) is 7.21. The molecule has 12 nitrogen and oxygen atoms in total. The van der Waals surface area contributed by atoms with Crippen molar-refractivity contribution in [1.29, 1.82) is 0 Å². The Morgan fingerprint density at radius 2 is 1.87 bits per heavy atom. The normalized spacial score (nSPS) is 12.1. The summed E-state index contributed by atoms with van der Waals surface area (Å²) in [6, 6.07) is 9.45. The highest BCUT2D eigenvalue weighted by Crippen LogP contribution is 2.38. The summed E-state index contributed by atoms with van der Waals surface area (Å²) in [6.45, 7) is 2.70. The summed E-state index contributed by atoms with van der Waals surface area (Å²) < 4.78 is 61.0. The number of amides is 1. The smallest absolute Gasteiger partial charge is 0.243 e. The molecule has 200 valence electrons. The number of nitrogens with zero attached hydrogens (tertiary/aromatic N) is 4. The van der Waals surface area contributed by atoms with Crippen LogP contribution >= 0.6 is 0 Å². The van der Waals surface area contributed by atoms with Crippen molar-refractivity contribution in [2.24, 2.45) is 0 Å². The van der Waals surface area contributed by atoms with Crippen molar-refractivity contribution in [1.82, 2.24) is 19.7 Å². The first kappa shape index (κ1) is 26.6. The van der Waals surface area contributed by atoms with Gasteiger partial charge in [0.25, 0.3) is 0 Å². The SMILES string of the molecule is COc1cccc(OC)c1-n1c(NS(=O)(=O)C(C)Cc2ncc(F)cc2NC(C)=O)nnc1-c1ccco1. The van der Waals surface area contributed by atoms with Crippen molar-refractivity contribution >= 4 is 27.6 Å². The lowest BCUT2D eigenvalue weighted by Gasteiger charge is -2.19. The number of methoxy groups -OCH3 is 2. The fraction of sp³-hybridized carbons (Fsp3) is 0.250. The molecule has 2 N–H and O–H groups in total. The summed E-state index contributed by atoms with van der Waals surface area (Å²) in [7, 11) is -1.20. The highest BCUT2D eigenvalue weighted by atomic mass is 32.2. The first-order chi connectivity index (χ1) is 18.1. The van der Waals surface area contributed by atoms with Gasteiger partial charge in [-0.05, 0) is 31.2 Å². The quantitative estimate of drug-likeness (QED) is 0.306. The molecule has 14 heteroatoms. The van der Waals surface area contributed by atoms with Crippen LogP contribution in [0.3, 0.4) is 0 Å². The van der Waals surface area contributed by atoms with Crippen molar-refractivity contribution in [3.05, 3.63) is 60.4 Å². The molecule has 1 atom stereocenters. The van der Waals surface area contributed by atoms with E-state index in [0.29, 0.717) is 22.9 Å². The zero-order valence-corrected chi connectivity index (χ0v) is 21.7. The number of rotatable bonds is 10. The number of carbonyl (C=O) groups excluding carboxylic acids is 1. The van der Waals surface area contributed by atoms with Gasteiger partial charge in [-0.15, -0.1) is 10.2 Å². The van der Waals surface area contributed by atoms with Gasteiger partial charge >= 0.3 is 0 Å². The molecule has 4 aromatic rings. The second-order valence-electron chi connectivity index (χ2n) is 8.16. The van der Waals surface area contributed by atoms with Crippen LogP contribution < -0.4 is 19.5 Å². The van der Waals surface area contributed by atoms with Crippen LogP contribution in [-0.2, 0) is 21.2 Å². The largest absolute Gasteiger partial charge is 0.494 e. The van der Waals surface area contributed by atoms with E-state index in [-0.39, 0.29) is 29.6 Å². The average Bonchev–Trinajstić information content (AvgIpc) is 3.54. The van der Waals surface area contributed by atoms with Crippen LogP contribution in [0, 0.1) is 5.82 Å². The Labute approximate surface area is 217 Å². The number of furan rings is 1. The van der Waals surface area contributed by atoms with Crippen LogP contribution in [0.4, 0.5) is 16.0 Å². The van der Waals surface area contributed by atoms with E-state index in [4.69, 9.17) is 13.9 Å². The van der Waals surface area contributed by atoms with Crippen LogP contribution in [-0.4, -0.2) is 53.5 Å². The van der Waals surface area contributed by atoms with E-state index in [2.05, 4.69) is 25.2 Å². The maximum Gasteiger partial charge on any atom is 0.243 e. The zero-order valence-electron chi connectivity index (χ0n) is 20.9. The standard InChI is InChI=1S/C24H25FN6O6S/c1-14(11-17-18(27-15(2)32)12-16(25)13-26-17)38(33,34)30-24-29-28-23(21-9-6-10-37-21)31(24)22-19(35-3)7-5-8-20(22)36-4/h5-10,12-14H,11H2,1-4H3,(H,27,32)(H,29,30). The lowest BCUT2D eigenvalue weighted by Crippen LogP contribution is -2.29. The minimum atomic E-state index is -4.12. The Balaban J connectivity index is 1.75. The fourth-order valence-electron chi connectivity index (χ4n) is 3.72. The van der Waals surface area contributed by atoms with Gasteiger partial charge in [0.2, 0.25) is 27.7 Å². The molecule has 1 unspecified atom stereocenters. The number of nitrogens with one attached hydrogen (secondary N) is 2. The van der Waals surface area contributed by atoms with Gasteiger partial charge in [0.15, 0.2) is 5.76 Å². The second-order valence-corrected chi connectivity index (χ2v) is 10.3. The molecule has 0 fully saturated rings. The Kier molecular flexibility index (Phi) is 7.62. The number of sulfonamides is 1. The van der Waals surface area contributed by atoms with Crippen LogP contribution in [0.15, 0.2) is 53.3 Å². The van der Waals surface area contributed by atoms with E-state index in [1.165, 1.54) is 38.9 Å². The predicted molar refractivity (Wildman–Crippen MR) is 136 cm³/mol. The van der Waals surface area contributed by atoms with Gasteiger partial charge in [-0.3, -0.25) is 19.1 Å². The minimum absolute atomic E-state index is 0.0848. The Morgan fingerprint density at radius 3 is 2.47 bits per heavy atom. The number of anilines is 2. The molecule has 0 aliphatic heterocycles. The lowest BCUT2D eigenvalue weighted by atomic mass is 10.2. The molecule has 0 aliphatic carbocycles. The highest BCUT2D eigenvalue weighted by molar-refractivity contribution is 7.93. The van der Waals surface area contributed by atoms with Crippen molar-refractivity contribution in [2.45, 2.75) is 25.5 Å². The molecular weight excluding hydrogens is 519 g/mol. The molecule has 0 aliphatic rings. The third-order valence-electron chi connectivity index (χ3n) is 5.52. The van der Waals surface area contributed by atoms with E-state index in [1.54, 1.807) is 30.3 Å². The summed E-state index contributed by atoms with van der Waals surface area (Å²) in [5.74, 6) is -0.0372. The summed E-state index contributed by atoms with van der Waals surface area (Å²) in [5.41, 5.74) is 0.623. The van der Waals surface area contributed by atoms with Gasteiger partial charge in [-0.1, -0.05) is 6.07 Å². The Hall–Kier alpha value is -4.46. The molecule has 3 aromatic heterocycles. The van der Waals surface area contributed by atoms with E-state index in [9.17, 15) is 17.6 Å². The van der Waals surface area contributed by atoms with Crippen LogP contribution in [0.1, 0.15) is 19.5 Å². The van der Waals surface area contributed by atoms with Gasteiger partial charge in [0.05, 0.1) is 43.3 Å². The third kappa shape index (κ3) is 5.44. The number of hydrogen-bond donors (Lipinski definition) is 2. The van der Waals surface area contributed by atoms with Crippen molar-refractivity contribution in [3.63, 3.8) is 0 Å². The lowest BCUT2D eigenvalue weighted by molar-refractivity contribution is -0.114. The van der Waals surface area contributed by atoms with Crippen LogP contribution in [0.25, 0.3) is 17.3 Å². The molecule has 0 saturated heterocycles. The molecule has 4 rings (SSSR count). The number of benzene rings is 1. The molecular formula is C24H25FN6O6S.